The first-order valence-electron chi connectivity index (χ1n) is 13.2. The number of piperidine rings is 1. The number of nitrogens with zero attached hydrogens (tertiary/aromatic N) is 2. The van der Waals surface area contributed by atoms with E-state index in [-0.39, 0.29) is 35.6 Å². The normalized spacial score (nSPS) is 20.9. The summed E-state index contributed by atoms with van der Waals surface area (Å²) in [5.41, 5.74) is 1.98. The second-order valence-electron chi connectivity index (χ2n) is 11.4. The highest BCUT2D eigenvalue weighted by Crippen LogP contribution is 2.42. The molecular formula is C28H39ClN4O2S. The van der Waals surface area contributed by atoms with E-state index in [0.29, 0.717) is 23.6 Å². The van der Waals surface area contributed by atoms with Crippen molar-refractivity contribution in [3.63, 3.8) is 0 Å². The Balaban J connectivity index is 1.37. The van der Waals surface area contributed by atoms with Gasteiger partial charge in [-0.2, -0.15) is 0 Å². The molecule has 1 aromatic carbocycles. The van der Waals surface area contributed by atoms with Crippen molar-refractivity contribution in [2.45, 2.75) is 84.2 Å². The summed E-state index contributed by atoms with van der Waals surface area (Å²) in [4.78, 5) is 32.7. The van der Waals surface area contributed by atoms with Gasteiger partial charge in [-0.15, -0.1) is 11.3 Å². The number of amides is 2. The Labute approximate surface area is 224 Å². The molecule has 0 radical (unpaired) electrons. The fourth-order valence-electron chi connectivity index (χ4n) is 5.67. The number of aromatic nitrogens is 1. The van der Waals surface area contributed by atoms with Crippen molar-refractivity contribution in [3.05, 3.63) is 45.9 Å². The number of anilines is 1. The van der Waals surface area contributed by atoms with E-state index in [2.05, 4.69) is 55.4 Å². The maximum absolute atomic E-state index is 13.7. The predicted octanol–water partition coefficient (Wildman–Crippen LogP) is 5.88. The van der Waals surface area contributed by atoms with Gasteiger partial charge in [-0.3, -0.25) is 9.59 Å². The highest BCUT2D eigenvalue weighted by molar-refractivity contribution is 7.13. The Morgan fingerprint density at radius 2 is 1.86 bits per heavy atom. The molecule has 2 aromatic rings. The van der Waals surface area contributed by atoms with Crippen LogP contribution in [0.5, 0.6) is 0 Å². The van der Waals surface area contributed by atoms with Crippen molar-refractivity contribution >= 4 is 39.9 Å². The fraction of sp³-hybridized carbons (Fsp3) is 0.607. The minimum Gasteiger partial charge on any atom is -0.353 e. The molecule has 2 atom stereocenters. The zero-order valence-corrected chi connectivity index (χ0v) is 23.4. The van der Waals surface area contributed by atoms with Gasteiger partial charge in [-0.25, -0.2) is 4.98 Å². The van der Waals surface area contributed by atoms with Gasteiger partial charge in [0.1, 0.15) is 6.04 Å². The largest absolute Gasteiger partial charge is 0.353 e. The summed E-state index contributed by atoms with van der Waals surface area (Å²) in [6, 6.07) is 8.06. The first-order chi connectivity index (χ1) is 17.1. The van der Waals surface area contributed by atoms with Crippen LogP contribution in [0.15, 0.2) is 29.6 Å². The van der Waals surface area contributed by atoms with E-state index in [1.54, 1.807) is 0 Å². The standard InChI is InChI=1S/C28H39ClN4O2S/c1-18(2)25(32-27-31-22(16-36-27)15-24(34)30-21-7-5-6-8-21)26(35)33-14-13-23(28(3,4)17-33)19-9-11-20(29)12-10-19/h9-12,16,18,21,23,25H,5-8,13-15,17H2,1-4H3,(H,30,34)(H,31,32). The van der Waals surface area contributed by atoms with E-state index in [1.165, 1.54) is 29.7 Å². The SMILES string of the molecule is CC(C)C(Nc1nc(CC(=O)NC2CCCC2)cs1)C(=O)N1CCC(c2ccc(Cl)cc2)C(C)(C)C1. The molecular weight excluding hydrogens is 492 g/mol. The Hall–Kier alpha value is -2.12. The lowest BCUT2D eigenvalue weighted by Gasteiger charge is -2.45. The second-order valence-corrected chi connectivity index (χ2v) is 12.7. The lowest BCUT2D eigenvalue weighted by molar-refractivity contribution is -0.136. The van der Waals surface area contributed by atoms with Gasteiger partial charge in [0.2, 0.25) is 11.8 Å². The van der Waals surface area contributed by atoms with Crippen LogP contribution < -0.4 is 10.6 Å². The number of likely N-dealkylation sites (tertiary alicyclic amines) is 1. The van der Waals surface area contributed by atoms with E-state index < -0.39 is 0 Å². The first kappa shape index (κ1) is 26.9. The Kier molecular flexibility index (Phi) is 8.61. The Morgan fingerprint density at radius 3 is 2.50 bits per heavy atom. The molecule has 4 rings (SSSR count). The number of carbonyl (C=O) groups is 2. The van der Waals surface area contributed by atoms with Crippen molar-refractivity contribution in [3.8, 4) is 0 Å². The molecule has 2 amide bonds. The van der Waals surface area contributed by atoms with E-state index in [1.807, 2.05) is 22.4 Å². The van der Waals surface area contributed by atoms with Crippen LogP contribution in [-0.2, 0) is 16.0 Å². The molecule has 2 unspecified atom stereocenters. The van der Waals surface area contributed by atoms with Crippen LogP contribution in [0.1, 0.15) is 77.0 Å². The topological polar surface area (TPSA) is 74.3 Å². The highest BCUT2D eigenvalue weighted by atomic mass is 35.5. The number of carbonyl (C=O) groups excluding carboxylic acids is 2. The quantitative estimate of drug-likeness (QED) is 0.447. The molecule has 1 aromatic heterocycles. The molecule has 36 heavy (non-hydrogen) atoms. The fourth-order valence-corrected chi connectivity index (χ4v) is 6.54. The van der Waals surface area contributed by atoms with Crippen molar-refractivity contribution < 1.29 is 9.59 Å². The number of rotatable bonds is 8. The van der Waals surface area contributed by atoms with E-state index >= 15 is 0 Å². The smallest absolute Gasteiger partial charge is 0.245 e. The van der Waals surface area contributed by atoms with Gasteiger partial charge in [0.15, 0.2) is 5.13 Å². The van der Waals surface area contributed by atoms with Crippen LogP contribution in [0.2, 0.25) is 5.02 Å². The van der Waals surface area contributed by atoms with E-state index in [9.17, 15) is 9.59 Å². The Morgan fingerprint density at radius 1 is 1.17 bits per heavy atom. The third-order valence-electron chi connectivity index (χ3n) is 7.64. The van der Waals surface area contributed by atoms with Gasteiger partial charge in [0, 0.05) is 29.5 Å². The molecule has 0 bridgehead atoms. The first-order valence-corrected chi connectivity index (χ1v) is 14.4. The number of nitrogens with one attached hydrogen (secondary N) is 2. The minimum atomic E-state index is -0.362. The molecule has 1 saturated heterocycles. The van der Waals surface area contributed by atoms with Crippen LogP contribution in [-0.4, -0.2) is 46.9 Å². The number of hydrogen-bond donors (Lipinski definition) is 2. The second kappa shape index (κ2) is 11.5. The minimum absolute atomic E-state index is 0.0287. The molecule has 2 heterocycles. The van der Waals surface area contributed by atoms with Crippen LogP contribution in [0.3, 0.4) is 0 Å². The van der Waals surface area contributed by atoms with Crippen LogP contribution in [0.4, 0.5) is 5.13 Å². The summed E-state index contributed by atoms with van der Waals surface area (Å²) < 4.78 is 0. The number of hydrogen-bond acceptors (Lipinski definition) is 5. The molecule has 2 N–H and O–H groups in total. The van der Waals surface area contributed by atoms with Crippen molar-refractivity contribution in [2.75, 3.05) is 18.4 Å². The van der Waals surface area contributed by atoms with E-state index in [4.69, 9.17) is 11.6 Å². The van der Waals surface area contributed by atoms with Crippen LogP contribution in [0.25, 0.3) is 0 Å². The third kappa shape index (κ3) is 6.60. The highest BCUT2D eigenvalue weighted by Gasteiger charge is 2.40. The zero-order chi connectivity index (χ0) is 25.9. The lowest BCUT2D eigenvalue weighted by atomic mass is 9.70. The summed E-state index contributed by atoms with van der Waals surface area (Å²) in [5.74, 6) is 0.623. The number of benzene rings is 1. The summed E-state index contributed by atoms with van der Waals surface area (Å²) in [5, 5.41) is 9.87. The van der Waals surface area contributed by atoms with Gasteiger partial charge < -0.3 is 15.5 Å². The van der Waals surface area contributed by atoms with Crippen LogP contribution >= 0.6 is 22.9 Å². The maximum Gasteiger partial charge on any atom is 0.245 e. The molecule has 196 valence electrons. The van der Waals surface area contributed by atoms with Crippen molar-refractivity contribution in [2.24, 2.45) is 11.3 Å². The Bertz CT molecular complexity index is 1050. The van der Waals surface area contributed by atoms with Gasteiger partial charge in [0.25, 0.3) is 0 Å². The summed E-state index contributed by atoms with van der Waals surface area (Å²) >= 11 is 7.55. The van der Waals surface area contributed by atoms with Gasteiger partial charge >= 0.3 is 0 Å². The van der Waals surface area contributed by atoms with Gasteiger partial charge in [0.05, 0.1) is 12.1 Å². The summed E-state index contributed by atoms with van der Waals surface area (Å²) in [6.45, 7) is 10.0. The lowest BCUT2D eigenvalue weighted by Crippen LogP contribution is -2.53. The number of thiazole rings is 1. The summed E-state index contributed by atoms with van der Waals surface area (Å²) in [6.07, 6.45) is 5.72. The van der Waals surface area contributed by atoms with Gasteiger partial charge in [-0.05, 0) is 54.2 Å². The molecule has 2 aliphatic rings. The monoisotopic (exact) mass is 530 g/mol. The maximum atomic E-state index is 13.7. The van der Waals surface area contributed by atoms with Crippen molar-refractivity contribution in [1.29, 1.82) is 0 Å². The average Bonchev–Trinajstić information content (AvgIpc) is 3.49. The number of halogens is 1. The molecule has 1 saturated carbocycles. The average molecular weight is 531 g/mol. The van der Waals surface area contributed by atoms with Gasteiger partial charge in [-0.1, -0.05) is 64.3 Å². The third-order valence-corrected chi connectivity index (χ3v) is 8.71. The van der Waals surface area contributed by atoms with E-state index in [0.717, 1.165) is 36.5 Å². The van der Waals surface area contributed by atoms with Crippen LogP contribution in [0, 0.1) is 11.3 Å². The molecule has 0 spiro atoms. The van der Waals surface area contributed by atoms with Crippen molar-refractivity contribution in [1.82, 2.24) is 15.2 Å². The molecule has 1 aliphatic heterocycles. The molecule has 1 aliphatic carbocycles. The predicted molar refractivity (Wildman–Crippen MR) is 148 cm³/mol. The zero-order valence-electron chi connectivity index (χ0n) is 21.9. The molecule has 6 nitrogen and oxygen atoms in total. The molecule has 2 fully saturated rings. The molecule has 8 heteroatoms. The summed E-state index contributed by atoms with van der Waals surface area (Å²) in [7, 11) is 0.